The lowest BCUT2D eigenvalue weighted by Gasteiger charge is -2.62. The normalized spacial score (nSPS) is 30.9. The highest BCUT2D eigenvalue weighted by Crippen LogP contribution is 2.61. The van der Waals surface area contributed by atoms with Crippen molar-refractivity contribution in [3.05, 3.63) is 28.5 Å². The smallest absolute Gasteiger partial charge is 0.268 e. The van der Waals surface area contributed by atoms with Gasteiger partial charge in [0, 0.05) is 17.1 Å². The summed E-state index contributed by atoms with van der Waals surface area (Å²) in [6.45, 7) is 8.91. The molecule has 2 heterocycles. The molecule has 0 unspecified atom stereocenters. The van der Waals surface area contributed by atoms with Gasteiger partial charge in [-0.2, -0.15) is 0 Å². The van der Waals surface area contributed by atoms with Crippen LogP contribution in [0.4, 0.5) is 0 Å². The fourth-order valence-corrected chi connectivity index (χ4v) is 5.19. The molecule has 5 rings (SSSR count). The van der Waals surface area contributed by atoms with E-state index in [0.29, 0.717) is 33.6 Å². The summed E-state index contributed by atoms with van der Waals surface area (Å²) in [5.41, 5.74) is 2.47. The van der Waals surface area contributed by atoms with Crippen molar-refractivity contribution in [1.82, 2.24) is 15.3 Å². The molecular formula is C19H24ClN3O. The lowest BCUT2D eigenvalue weighted by Crippen LogP contribution is -2.60. The monoisotopic (exact) mass is 345 g/mol. The zero-order valence-corrected chi connectivity index (χ0v) is 15.4. The van der Waals surface area contributed by atoms with E-state index in [4.69, 9.17) is 11.6 Å². The van der Waals surface area contributed by atoms with Crippen LogP contribution in [0.2, 0.25) is 5.02 Å². The summed E-state index contributed by atoms with van der Waals surface area (Å²) in [5, 5.41) is 4.66. The topological polar surface area (TPSA) is 57.8 Å². The molecule has 3 fully saturated rings. The van der Waals surface area contributed by atoms with Gasteiger partial charge in [-0.15, -0.1) is 0 Å². The molecule has 2 aromatic rings. The molecular weight excluding hydrogens is 322 g/mol. The van der Waals surface area contributed by atoms with Gasteiger partial charge in [0.05, 0.1) is 5.02 Å². The van der Waals surface area contributed by atoms with Crippen molar-refractivity contribution in [2.24, 2.45) is 23.2 Å². The number of aromatic nitrogens is 2. The summed E-state index contributed by atoms with van der Waals surface area (Å²) in [5.74, 6) is 1.90. The quantitative estimate of drug-likeness (QED) is 0.851. The minimum atomic E-state index is -0.0577. The summed E-state index contributed by atoms with van der Waals surface area (Å²) < 4.78 is 0. The van der Waals surface area contributed by atoms with E-state index in [0.717, 1.165) is 23.4 Å². The molecule has 3 saturated carbocycles. The summed E-state index contributed by atoms with van der Waals surface area (Å²) in [4.78, 5) is 20.2. The van der Waals surface area contributed by atoms with E-state index in [9.17, 15) is 4.79 Å². The van der Waals surface area contributed by atoms with Crippen LogP contribution in [0.3, 0.4) is 0 Å². The molecule has 0 spiro atoms. The van der Waals surface area contributed by atoms with Gasteiger partial charge < -0.3 is 10.3 Å². The molecule has 0 aromatic carbocycles. The van der Waals surface area contributed by atoms with Crippen molar-refractivity contribution in [3.63, 3.8) is 0 Å². The van der Waals surface area contributed by atoms with Crippen molar-refractivity contribution in [2.75, 3.05) is 0 Å². The molecule has 5 heteroatoms. The van der Waals surface area contributed by atoms with E-state index in [-0.39, 0.29) is 11.9 Å². The number of rotatable bonds is 2. The van der Waals surface area contributed by atoms with Crippen LogP contribution in [0.1, 0.15) is 49.8 Å². The van der Waals surface area contributed by atoms with Crippen LogP contribution in [-0.2, 0) is 0 Å². The third-order valence-electron chi connectivity index (χ3n) is 6.59. The third-order valence-corrected chi connectivity index (χ3v) is 6.91. The maximum absolute atomic E-state index is 12.7. The fraction of sp³-hybridized carbons (Fsp3) is 0.579. The van der Waals surface area contributed by atoms with Gasteiger partial charge in [0.1, 0.15) is 11.3 Å². The fourth-order valence-electron chi connectivity index (χ4n) is 4.89. The minimum Gasteiger partial charge on any atom is -0.348 e. The first-order valence-corrected chi connectivity index (χ1v) is 9.12. The number of H-pyrrole nitrogens is 1. The summed E-state index contributed by atoms with van der Waals surface area (Å²) >= 11 is 6.26. The number of carbonyl (C=O) groups excluding carboxylic acids is 1. The maximum Gasteiger partial charge on any atom is 0.268 e. The Bertz CT molecular complexity index is 825. The molecule has 2 N–H and O–H groups in total. The molecule has 0 aliphatic heterocycles. The third kappa shape index (κ3) is 2.26. The predicted molar refractivity (Wildman–Crippen MR) is 96.3 cm³/mol. The first-order chi connectivity index (χ1) is 11.3. The molecule has 0 saturated heterocycles. The lowest BCUT2D eigenvalue weighted by molar-refractivity contribution is -0.113. The number of halogens is 1. The molecule has 0 radical (unpaired) electrons. The van der Waals surface area contributed by atoms with Gasteiger partial charge in [-0.25, -0.2) is 4.98 Å². The molecule has 2 aromatic heterocycles. The van der Waals surface area contributed by atoms with Gasteiger partial charge in [0.2, 0.25) is 0 Å². The first kappa shape index (κ1) is 15.9. The number of fused-ring (bicyclic) bond motifs is 3. The molecule has 2 bridgehead atoms. The Balaban J connectivity index is 1.54. The van der Waals surface area contributed by atoms with E-state index in [1.54, 1.807) is 6.07 Å². The molecule has 4 atom stereocenters. The van der Waals surface area contributed by atoms with Crippen LogP contribution < -0.4 is 5.32 Å². The highest BCUT2D eigenvalue weighted by molar-refractivity contribution is 6.35. The van der Waals surface area contributed by atoms with Crippen LogP contribution in [-0.4, -0.2) is 21.9 Å². The molecule has 3 aliphatic rings. The Kier molecular flexibility index (Phi) is 3.47. The predicted octanol–water partition coefficient (Wildman–Crippen LogP) is 4.33. The summed E-state index contributed by atoms with van der Waals surface area (Å²) in [7, 11) is 0. The Morgan fingerprint density at radius 2 is 2.12 bits per heavy atom. The van der Waals surface area contributed by atoms with E-state index in [2.05, 4.69) is 36.1 Å². The van der Waals surface area contributed by atoms with Crippen LogP contribution >= 0.6 is 11.6 Å². The van der Waals surface area contributed by atoms with Crippen molar-refractivity contribution in [1.29, 1.82) is 0 Å². The average molecular weight is 346 g/mol. The summed E-state index contributed by atoms with van der Waals surface area (Å²) in [6.07, 6.45) is 2.39. The molecule has 128 valence electrons. The zero-order valence-electron chi connectivity index (χ0n) is 14.6. The van der Waals surface area contributed by atoms with Gasteiger partial charge in [-0.3, -0.25) is 4.79 Å². The second-order valence-electron chi connectivity index (χ2n) is 8.23. The van der Waals surface area contributed by atoms with Gasteiger partial charge in [-0.05, 0) is 55.1 Å². The van der Waals surface area contributed by atoms with Crippen LogP contribution in [0.15, 0.2) is 12.1 Å². The second kappa shape index (κ2) is 5.22. The Hall–Kier alpha value is -1.55. The standard InChI is InChI=1S/C19H24ClN3O/c1-9-5-14(20)12-8-16(22-17(12)21-9)18(24)23-15-7-11-6-13(10(15)2)19(11,3)4/h5,8,10-11,13,15H,6-7H2,1-4H3,(H,21,22)(H,23,24)/t10-,11+,13-,15-/m0/s1. The Labute approximate surface area is 147 Å². The van der Waals surface area contributed by atoms with E-state index < -0.39 is 0 Å². The lowest BCUT2D eigenvalue weighted by atomic mass is 9.45. The van der Waals surface area contributed by atoms with Gasteiger partial charge in [-0.1, -0.05) is 32.4 Å². The SMILES string of the molecule is Cc1cc(Cl)c2cc(C(=O)N[C@H]3C[C@H]4C[C@@H]([C@@H]3C)C4(C)C)[nH]c2n1. The number of pyridine rings is 1. The highest BCUT2D eigenvalue weighted by atomic mass is 35.5. The highest BCUT2D eigenvalue weighted by Gasteiger charge is 2.56. The summed E-state index contributed by atoms with van der Waals surface area (Å²) in [6, 6.07) is 3.88. The number of hydrogen-bond donors (Lipinski definition) is 2. The van der Waals surface area contributed by atoms with Crippen molar-refractivity contribution in [3.8, 4) is 0 Å². The van der Waals surface area contributed by atoms with Gasteiger partial charge in [0.15, 0.2) is 0 Å². The molecule has 1 amide bonds. The minimum absolute atomic E-state index is 0.0577. The number of nitrogens with zero attached hydrogens (tertiary/aromatic N) is 1. The number of hydrogen-bond acceptors (Lipinski definition) is 2. The van der Waals surface area contributed by atoms with Crippen LogP contribution in [0.5, 0.6) is 0 Å². The number of aryl methyl sites for hydroxylation is 1. The van der Waals surface area contributed by atoms with E-state index in [1.165, 1.54) is 6.42 Å². The molecule has 4 nitrogen and oxygen atoms in total. The van der Waals surface area contributed by atoms with Gasteiger partial charge >= 0.3 is 0 Å². The molecule has 3 aliphatic carbocycles. The number of nitrogens with one attached hydrogen (secondary N) is 2. The number of aromatic amines is 1. The van der Waals surface area contributed by atoms with Crippen molar-refractivity contribution < 1.29 is 4.79 Å². The van der Waals surface area contributed by atoms with Crippen LogP contribution in [0, 0.1) is 30.1 Å². The number of carbonyl (C=O) groups is 1. The first-order valence-electron chi connectivity index (χ1n) is 8.74. The van der Waals surface area contributed by atoms with Gasteiger partial charge in [0.25, 0.3) is 5.91 Å². The maximum atomic E-state index is 12.7. The van der Waals surface area contributed by atoms with Crippen LogP contribution in [0.25, 0.3) is 11.0 Å². The number of amides is 1. The second-order valence-corrected chi connectivity index (χ2v) is 8.63. The van der Waals surface area contributed by atoms with Crippen molar-refractivity contribution in [2.45, 2.75) is 46.6 Å². The van der Waals surface area contributed by atoms with Crippen molar-refractivity contribution >= 4 is 28.5 Å². The largest absolute Gasteiger partial charge is 0.348 e. The van der Waals surface area contributed by atoms with E-state index in [1.807, 2.05) is 13.0 Å². The van der Waals surface area contributed by atoms with E-state index >= 15 is 0 Å². The Morgan fingerprint density at radius 1 is 1.38 bits per heavy atom. The average Bonchev–Trinajstić information content (AvgIpc) is 2.93. The Morgan fingerprint density at radius 3 is 2.79 bits per heavy atom. The molecule has 24 heavy (non-hydrogen) atoms. The zero-order chi connectivity index (χ0) is 17.2.